The second kappa shape index (κ2) is 16.6. The predicted molar refractivity (Wildman–Crippen MR) is 287 cm³/mol. The fourth-order valence-corrected chi connectivity index (χ4v) is 10.9. The normalized spacial score (nSPS) is 13.2. The van der Waals surface area contributed by atoms with Gasteiger partial charge in [0.2, 0.25) is 0 Å². The van der Waals surface area contributed by atoms with E-state index in [-0.39, 0.29) is 0 Å². The fourth-order valence-electron chi connectivity index (χ4n) is 10.9. The molecule has 320 valence electrons. The van der Waals surface area contributed by atoms with E-state index >= 15 is 0 Å². The van der Waals surface area contributed by atoms with E-state index in [1.807, 2.05) is 0 Å². The highest BCUT2D eigenvalue weighted by atomic mass is 15.1. The number of aromatic nitrogens is 1. The van der Waals surface area contributed by atoms with Gasteiger partial charge in [0.15, 0.2) is 0 Å². The maximum atomic E-state index is 2.53. The molecule has 68 heavy (non-hydrogen) atoms. The lowest BCUT2D eigenvalue weighted by atomic mass is 9.86. The van der Waals surface area contributed by atoms with Gasteiger partial charge in [0, 0.05) is 33.5 Å². The van der Waals surface area contributed by atoms with E-state index in [9.17, 15) is 0 Å². The van der Waals surface area contributed by atoms with E-state index in [0.717, 1.165) is 29.9 Å². The molecule has 0 amide bonds. The number of allylic oxidation sites excluding steroid dienone is 5. The summed E-state index contributed by atoms with van der Waals surface area (Å²) >= 11 is 0. The number of fused-ring (bicyclic) bond motifs is 6. The van der Waals surface area contributed by atoms with Crippen LogP contribution in [-0.4, -0.2) is 4.57 Å². The third-order valence-electron chi connectivity index (χ3n) is 14.1. The molecule has 2 aliphatic rings. The summed E-state index contributed by atoms with van der Waals surface area (Å²) in [6, 6.07) is 91.1. The molecule has 1 heterocycles. The molecule has 0 bridgehead atoms. The second-order valence-electron chi connectivity index (χ2n) is 18.0. The minimum absolute atomic E-state index is 0.895. The molecule has 2 aliphatic carbocycles. The van der Waals surface area contributed by atoms with E-state index < -0.39 is 0 Å². The number of nitrogens with zero attached hydrogens (tertiary/aromatic N) is 2. The maximum Gasteiger partial charge on any atom is 0.0542 e. The predicted octanol–water partition coefficient (Wildman–Crippen LogP) is 17.5. The third kappa shape index (κ3) is 6.81. The Balaban J connectivity index is 0.992. The van der Waals surface area contributed by atoms with Crippen LogP contribution in [0.15, 0.2) is 266 Å². The van der Waals surface area contributed by atoms with Gasteiger partial charge in [0.05, 0.1) is 11.0 Å². The quantitative estimate of drug-likeness (QED) is 0.148. The van der Waals surface area contributed by atoms with Gasteiger partial charge in [-0.3, -0.25) is 0 Å². The zero-order valence-corrected chi connectivity index (χ0v) is 37.6. The summed E-state index contributed by atoms with van der Waals surface area (Å²) in [5.74, 6) is 0. The monoisotopic (exact) mass is 866 g/mol. The second-order valence-corrected chi connectivity index (χ2v) is 18.0. The molecule has 0 saturated carbocycles. The molecule has 0 saturated heterocycles. The number of hydrogen-bond donors (Lipinski definition) is 0. The molecule has 0 unspecified atom stereocenters. The Kier molecular flexibility index (Phi) is 9.68. The van der Waals surface area contributed by atoms with Crippen LogP contribution in [0.1, 0.15) is 35.1 Å². The van der Waals surface area contributed by atoms with Crippen LogP contribution in [0.5, 0.6) is 0 Å². The first-order chi connectivity index (χ1) is 33.7. The Hall–Kier alpha value is -8.72. The molecular formula is C66H46N2. The molecule has 2 nitrogen and oxygen atoms in total. The van der Waals surface area contributed by atoms with Crippen molar-refractivity contribution in [1.82, 2.24) is 4.57 Å². The molecule has 10 aromatic carbocycles. The fraction of sp³-hybridized carbons (Fsp3) is 0.0303. The highest BCUT2D eigenvalue weighted by Crippen LogP contribution is 2.52. The zero-order valence-electron chi connectivity index (χ0n) is 37.6. The molecule has 0 N–H and O–H groups in total. The number of hydrogen-bond acceptors (Lipinski definition) is 1. The van der Waals surface area contributed by atoms with Crippen LogP contribution in [0, 0.1) is 0 Å². The zero-order chi connectivity index (χ0) is 45.0. The molecule has 0 atom stereocenters. The smallest absolute Gasteiger partial charge is 0.0542 e. The summed E-state index contributed by atoms with van der Waals surface area (Å²) in [6.07, 6.45) is 4.34. The summed E-state index contributed by atoms with van der Waals surface area (Å²) in [5, 5.41) is 4.94. The van der Waals surface area contributed by atoms with Crippen molar-refractivity contribution < 1.29 is 0 Å². The number of benzene rings is 10. The summed E-state index contributed by atoms with van der Waals surface area (Å²) in [4.78, 5) is 2.53. The van der Waals surface area contributed by atoms with E-state index in [4.69, 9.17) is 0 Å². The first kappa shape index (κ1) is 39.6. The van der Waals surface area contributed by atoms with E-state index in [1.54, 1.807) is 0 Å². The van der Waals surface area contributed by atoms with Gasteiger partial charge in [0.1, 0.15) is 0 Å². The lowest BCUT2D eigenvalue weighted by molar-refractivity contribution is 0.928. The Morgan fingerprint density at radius 3 is 1.63 bits per heavy atom. The van der Waals surface area contributed by atoms with Gasteiger partial charge in [-0.2, -0.15) is 0 Å². The lowest BCUT2D eigenvalue weighted by Gasteiger charge is -2.31. The van der Waals surface area contributed by atoms with Gasteiger partial charge >= 0.3 is 0 Å². The largest absolute Gasteiger partial charge is 0.314 e. The molecule has 0 spiro atoms. The van der Waals surface area contributed by atoms with Crippen LogP contribution in [0.25, 0.3) is 77.2 Å². The summed E-state index contributed by atoms with van der Waals surface area (Å²) < 4.78 is 2.43. The average Bonchev–Trinajstić information content (AvgIpc) is 3.92. The Morgan fingerprint density at radius 1 is 0.382 bits per heavy atom. The van der Waals surface area contributed by atoms with Gasteiger partial charge in [-0.15, -0.1) is 0 Å². The lowest BCUT2D eigenvalue weighted by Crippen LogP contribution is -2.18. The van der Waals surface area contributed by atoms with Gasteiger partial charge in [-0.05, 0) is 145 Å². The number of para-hydroxylation sites is 1. The number of anilines is 2. The van der Waals surface area contributed by atoms with E-state index in [0.29, 0.717) is 0 Å². The van der Waals surface area contributed by atoms with Gasteiger partial charge in [-0.1, -0.05) is 200 Å². The molecule has 2 heteroatoms. The van der Waals surface area contributed by atoms with Crippen molar-refractivity contribution in [3.63, 3.8) is 0 Å². The SMILES string of the molecule is C1=C(N(c2ccc(-c3ccc(-c4ccccc4)cc3)cc2)c2ccc3c(c2)c2ccccc2n3-c2ccc3ccccc3c2)CCC2=C1C(=C(c1ccccc1)c1ccccc1)c1ccccc12. The van der Waals surface area contributed by atoms with Crippen molar-refractivity contribution in [3.05, 3.63) is 288 Å². The van der Waals surface area contributed by atoms with Gasteiger partial charge < -0.3 is 9.47 Å². The third-order valence-corrected chi connectivity index (χ3v) is 14.1. The molecule has 13 rings (SSSR count). The van der Waals surface area contributed by atoms with Crippen molar-refractivity contribution in [2.45, 2.75) is 12.8 Å². The molecule has 11 aromatic rings. The topological polar surface area (TPSA) is 8.17 Å². The Labute approximate surface area is 397 Å². The average molecular weight is 867 g/mol. The first-order valence-corrected chi connectivity index (χ1v) is 23.7. The summed E-state index contributed by atoms with van der Waals surface area (Å²) in [5.41, 5.74) is 22.3. The van der Waals surface area contributed by atoms with Crippen LogP contribution < -0.4 is 4.90 Å². The van der Waals surface area contributed by atoms with E-state index in [2.05, 4.69) is 264 Å². The van der Waals surface area contributed by atoms with E-state index in [1.165, 1.54) is 105 Å². The van der Waals surface area contributed by atoms with Crippen molar-refractivity contribution in [1.29, 1.82) is 0 Å². The van der Waals surface area contributed by atoms with Crippen LogP contribution in [0.2, 0.25) is 0 Å². The summed E-state index contributed by atoms with van der Waals surface area (Å²) in [7, 11) is 0. The van der Waals surface area contributed by atoms with Crippen LogP contribution in [0.4, 0.5) is 11.4 Å². The van der Waals surface area contributed by atoms with Gasteiger partial charge in [0.25, 0.3) is 0 Å². The van der Waals surface area contributed by atoms with Crippen molar-refractivity contribution >= 4 is 60.7 Å². The highest BCUT2D eigenvalue weighted by Gasteiger charge is 2.32. The standard InChI is InChI=1S/C66H46N2/c1-4-16-45(17-5-1)47-28-30-48(31-29-47)49-32-35-53(36-33-49)67(56-39-41-64-61(43-56)59-25-14-15-27-63(59)68(64)54-37-34-46-18-10-11-23-52(46)42-54)55-38-40-58-57-24-12-13-26-60(57)66(62(58)44-55)65(50-19-6-2-7-20-50)51-21-8-3-9-22-51/h1-37,39,41-44H,38,40H2. The molecular weight excluding hydrogens is 821 g/mol. The molecule has 0 aliphatic heterocycles. The first-order valence-electron chi connectivity index (χ1n) is 23.7. The van der Waals surface area contributed by atoms with Crippen LogP contribution in [-0.2, 0) is 0 Å². The van der Waals surface area contributed by atoms with Crippen LogP contribution >= 0.6 is 0 Å². The maximum absolute atomic E-state index is 2.53. The highest BCUT2D eigenvalue weighted by molar-refractivity contribution is 6.15. The summed E-state index contributed by atoms with van der Waals surface area (Å²) in [6.45, 7) is 0. The molecule has 0 fully saturated rings. The van der Waals surface area contributed by atoms with Crippen LogP contribution in [0.3, 0.4) is 0 Å². The molecule has 0 radical (unpaired) electrons. The Bertz CT molecular complexity index is 3760. The number of rotatable bonds is 8. The van der Waals surface area contributed by atoms with Crippen molar-refractivity contribution in [3.8, 4) is 27.9 Å². The van der Waals surface area contributed by atoms with Gasteiger partial charge in [-0.25, -0.2) is 0 Å². The van der Waals surface area contributed by atoms with Crippen molar-refractivity contribution in [2.24, 2.45) is 0 Å². The Morgan fingerprint density at radius 2 is 0.926 bits per heavy atom. The minimum atomic E-state index is 0.895. The minimum Gasteiger partial charge on any atom is -0.314 e. The van der Waals surface area contributed by atoms with Crippen molar-refractivity contribution in [2.75, 3.05) is 4.90 Å². The molecule has 1 aromatic heterocycles.